The Hall–Kier alpha value is 0.250. The predicted molar refractivity (Wildman–Crippen MR) is 53.9 cm³/mol. The zero-order chi connectivity index (χ0) is 9.14. The van der Waals surface area contributed by atoms with Gasteiger partial charge in [0, 0.05) is 18.2 Å². The molecule has 0 amide bonds. The van der Waals surface area contributed by atoms with E-state index in [0.29, 0.717) is 5.38 Å². The number of quaternary nitrogens is 1. The molecule has 0 aliphatic heterocycles. The molecule has 12 heavy (non-hydrogen) atoms. The van der Waals surface area contributed by atoms with Crippen molar-refractivity contribution >= 4 is 11.6 Å². The highest BCUT2D eigenvalue weighted by Crippen LogP contribution is 2.21. The van der Waals surface area contributed by atoms with Gasteiger partial charge in [-0.1, -0.05) is 0 Å². The van der Waals surface area contributed by atoms with E-state index in [9.17, 15) is 0 Å². The number of rotatable bonds is 2. The Labute approximate surface area is 81.1 Å². The minimum Gasteiger partial charge on any atom is -0.333 e. The van der Waals surface area contributed by atoms with Gasteiger partial charge >= 0.3 is 0 Å². The summed E-state index contributed by atoms with van der Waals surface area (Å²) in [5.74, 6) is 0. The summed E-state index contributed by atoms with van der Waals surface area (Å²) in [6.45, 7) is 4.59. The van der Waals surface area contributed by atoms with Gasteiger partial charge in [0.1, 0.15) is 0 Å². The van der Waals surface area contributed by atoms with Crippen LogP contribution in [0.15, 0.2) is 0 Å². The van der Waals surface area contributed by atoms with Gasteiger partial charge in [-0.25, -0.2) is 0 Å². The van der Waals surface area contributed by atoms with Crippen molar-refractivity contribution < 1.29 is 4.90 Å². The van der Waals surface area contributed by atoms with Crippen LogP contribution in [0.2, 0.25) is 0 Å². The highest BCUT2D eigenvalue weighted by molar-refractivity contribution is 6.20. The molecule has 1 unspecified atom stereocenters. The van der Waals surface area contributed by atoms with Crippen LogP contribution in [0.1, 0.15) is 39.5 Å². The molecule has 2 heteroatoms. The number of halogens is 1. The monoisotopic (exact) mass is 190 g/mol. The largest absolute Gasteiger partial charge is 0.333 e. The molecule has 1 aliphatic rings. The highest BCUT2D eigenvalue weighted by Gasteiger charge is 2.26. The van der Waals surface area contributed by atoms with Crippen molar-refractivity contribution in [3.05, 3.63) is 0 Å². The Kier molecular flexibility index (Phi) is 3.85. The third-order valence-corrected chi connectivity index (χ3v) is 3.65. The number of hydrogen-bond acceptors (Lipinski definition) is 0. The van der Waals surface area contributed by atoms with E-state index in [4.69, 9.17) is 11.6 Å². The van der Waals surface area contributed by atoms with Gasteiger partial charge in [-0.3, -0.25) is 0 Å². The summed E-state index contributed by atoms with van der Waals surface area (Å²) in [5.41, 5.74) is 0. The second-order valence-electron chi connectivity index (χ2n) is 4.35. The van der Waals surface area contributed by atoms with Crippen LogP contribution >= 0.6 is 11.6 Å². The molecule has 1 rings (SSSR count). The first-order valence-corrected chi connectivity index (χ1v) is 5.52. The van der Waals surface area contributed by atoms with Crippen molar-refractivity contribution in [2.75, 3.05) is 7.05 Å². The molecule has 1 saturated carbocycles. The Bertz CT molecular complexity index is 128. The summed E-state index contributed by atoms with van der Waals surface area (Å²) in [5, 5.41) is 0.459. The van der Waals surface area contributed by atoms with Gasteiger partial charge in [0.15, 0.2) is 0 Å². The van der Waals surface area contributed by atoms with E-state index >= 15 is 0 Å². The molecule has 0 bridgehead atoms. The molecular weight excluding hydrogens is 170 g/mol. The van der Waals surface area contributed by atoms with Crippen molar-refractivity contribution in [1.82, 2.24) is 0 Å². The summed E-state index contributed by atoms with van der Waals surface area (Å²) >= 11 is 6.06. The van der Waals surface area contributed by atoms with Crippen LogP contribution < -0.4 is 4.90 Å². The van der Waals surface area contributed by atoms with E-state index in [1.165, 1.54) is 25.7 Å². The molecule has 0 aromatic heterocycles. The lowest BCUT2D eigenvalue weighted by Gasteiger charge is -2.32. The average molecular weight is 191 g/mol. The second kappa shape index (κ2) is 4.48. The standard InChI is InChI=1S/C10H20ClN/c1-8(2)12(3)10-6-4-9(11)5-7-10/h8-10H,4-7H2,1-3H3/p+1. The van der Waals surface area contributed by atoms with E-state index in [-0.39, 0.29) is 0 Å². The first kappa shape index (κ1) is 10.3. The summed E-state index contributed by atoms with van der Waals surface area (Å²) in [4.78, 5) is 1.68. The van der Waals surface area contributed by atoms with Crippen molar-refractivity contribution in [3.63, 3.8) is 0 Å². The van der Waals surface area contributed by atoms with Crippen LogP contribution in [0.4, 0.5) is 0 Å². The van der Waals surface area contributed by atoms with E-state index in [0.717, 1.165) is 12.1 Å². The molecule has 1 aliphatic carbocycles. The van der Waals surface area contributed by atoms with Crippen LogP contribution in [0, 0.1) is 0 Å². The number of alkyl halides is 1. The zero-order valence-corrected chi connectivity index (χ0v) is 9.19. The summed E-state index contributed by atoms with van der Waals surface area (Å²) in [6, 6.07) is 1.61. The van der Waals surface area contributed by atoms with E-state index in [1.54, 1.807) is 4.90 Å². The number of hydrogen-bond donors (Lipinski definition) is 1. The van der Waals surface area contributed by atoms with Crippen molar-refractivity contribution in [3.8, 4) is 0 Å². The summed E-state index contributed by atoms with van der Waals surface area (Å²) < 4.78 is 0. The minimum atomic E-state index is 0.459. The van der Waals surface area contributed by atoms with Gasteiger partial charge in [-0.05, 0) is 26.7 Å². The maximum atomic E-state index is 6.06. The van der Waals surface area contributed by atoms with Crippen LogP contribution in [0.5, 0.6) is 0 Å². The van der Waals surface area contributed by atoms with Crippen LogP contribution in [0.3, 0.4) is 0 Å². The molecule has 1 N–H and O–H groups in total. The number of nitrogens with one attached hydrogen (secondary N) is 1. The fourth-order valence-corrected chi connectivity index (χ4v) is 2.23. The molecule has 72 valence electrons. The fraction of sp³-hybridized carbons (Fsp3) is 1.00. The van der Waals surface area contributed by atoms with E-state index < -0.39 is 0 Å². The Balaban J connectivity index is 2.34. The predicted octanol–water partition coefficient (Wildman–Crippen LogP) is 1.46. The van der Waals surface area contributed by atoms with Gasteiger partial charge < -0.3 is 4.90 Å². The van der Waals surface area contributed by atoms with Crippen LogP contribution in [-0.4, -0.2) is 24.5 Å². The first-order chi connectivity index (χ1) is 5.61. The molecule has 0 aromatic rings. The minimum absolute atomic E-state index is 0.459. The lowest BCUT2D eigenvalue weighted by Crippen LogP contribution is -3.16. The highest BCUT2D eigenvalue weighted by atomic mass is 35.5. The molecule has 1 nitrogen and oxygen atoms in total. The summed E-state index contributed by atoms with van der Waals surface area (Å²) in [7, 11) is 2.31. The third-order valence-electron chi connectivity index (χ3n) is 3.21. The molecule has 0 radical (unpaired) electrons. The van der Waals surface area contributed by atoms with Gasteiger partial charge in [-0.2, -0.15) is 0 Å². The third kappa shape index (κ3) is 2.63. The lowest BCUT2D eigenvalue weighted by molar-refractivity contribution is -0.928. The molecule has 0 saturated heterocycles. The SMILES string of the molecule is CC(C)[NH+](C)C1CCC(Cl)CC1. The first-order valence-electron chi connectivity index (χ1n) is 5.08. The maximum Gasteiger partial charge on any atom is 0.0875 e. The Morgan fingerprint density at radius 1 is 1.17 bits per heavy atom. The fourth-order valence-electron chi connectivity index (χ4n) is 1.98. The molecule has 0 heterocycles. The molecule has 0 aromatic carbocycles. The zero-order valence-electron chi connectivity index (χ0n) is 8.44. The summed E-state index contributed by atoms with van der Waals surface area (Å²) in [6.07, 6.45) is 5.07. The maximum absolute atomic E-state index is 6.06. The smallest absolute Gasteiger partial charge is 0.0875 e. The average Bonchev–Trinajstić information content (AvgIpc) is 2.04. The quantitative estimate of drug-likeness (QED) is 0.629. The van der Waals surface area contributed by atoms with Crippen molar-refractivity contribution in [2.24, 2.45) is 0 Å². The van der Waals surface area contributed by atoms with Crippen LogP contribution in [-0.2, 0) is 0 Å². The molecule has 1 fully saturated rings. The topological polar surface area (TPSA) is 4.44 Å². The molecular formula is C10H21ClN+. The van der Waals surface area contributed by atoms with Gasteiger partial charge in [0.25, 0.3) is 0 Å². The Morgan fingerprint density at radius 3 is 2.08 bits per heavy atom. The second-order valence-corrected chi connectivity index (χ2v) is 4.96. The molecule has 1 atom stereocenters. The van der Waals surface area contributed by atoms with Gasteiger partial charge in [0.2, 0.25) is 0 Å². The van der Waals surface area contributed by atoms with Crippen molar-refractivity contribution in [1.29, 1.82) is 0 Å². The Morgan fingerprint density at radius 2 is 1.67 bits per heavy atom. The molecule has 0 spiro atoms. The van der Waals surface area contributed by atoms with E-state index in [1.807, 2.05) is 0 Å². The normalized spacial score (nSPS) is 33.8. The van der Waals surface area contributed by atoms with Crippen molar-refractivity contribution in [2.45, 2.75) is 57.0 Å². The van der Waals surface area contributed by atoms with Gasteiger partial charge in [-0.15, -0.1) is 11.6 Å². The van der Waals surface area contributed by atoms with Crippen LogP contribution in [0.25, 0.3) is 0 Å². The van der Waals surface area contributed by atoms with Gasteiger partial charge in [0.05, 0.1) is 19.1 Å². The van der Waals surface area contributed by atoms with E-state index in [2.05, 4.69) is 20.9 Å². The lowest BCUT2D eigenvalue weighted by atomic mass is 9.93.